The number of Topliss-reactive ketones (excluding diaryl/α,β-unsaturated/α-hetero) is 1. The average Bonchev–Trinajstić information content (AvgIpc) is 3.04. The van der Waals surface area contributed by atoms with Crippen molar-refractivity contribution in [2.24, 2.45) is 0 Å². The number of hydrogen-bond donors (Lipinski definition) is 0. The summed E-state index contributed by atoms with van der Waals surface area (Å²) in [4.78, 5) is 12.7. The second-order valence-corrected chi connectivity index (χ2v) is 6.71. The van der Waals surface area contributed by atoms with Crippen LogP contribution in [-0.4, -0.2) is 12.9 Å². The van der Waals surface area contributed by atoms with Crippen LogP contribution in [0.15, 0.2) is 66.4 Å². The smallest absolute Gasteiger partial charge is 0.232 e. The minimum atomic E-state index is -0.411. The first kappa shape index (κ1) is 18.7. The molecule has 0 aromatic heterocycles. The Morgan fingerprint density at radius 2 is 1.86 bits per heavy atom. The number of carbonyl (C=O) groups is 1. The topological polar surface area (TPSA) is 44.8 Å². The lowest BCUT2D eigenvalue weighted by Crippen LogP contribution is -2.00. The summed E-state index contributed by atoms with van der Waals surface area (Å²) in [6, 6.07) is 17.3. The fraction of sp³-hybridized carbons (Fsp3) is 0.125. The minimum Gasteiger partial charge on any atom is -0.497 e. The highest BCUT2D eigenvalue weighted by molar-refractivity contribution is 6.15. The number of ether oxygens (including phenoxy) is 3. The highest BCUT2D eigenvalue weighted by atomic mass is 19.1. The van der Waals surface area contributed by atoms with Crippen molar-refractivity contribution in [1.29, 1.82) is 0 Å². The van der Waals surface area contributed by atoms with Gasteiger partial charge in [-0.25, -0.2) is 4.39 Å². The van der Waals surface area contributed by atoms with E-state index in [4.69, 9.17) is 14.2 Å². The van der Waals surface area contributed by atoms with Crippen LogP contribution in [0, 0.1) is 12.7 Å². The summed E-state index contributed by atoms with van der Waals surface area (Å²) in [7, 11) is 1.62. The molecule has 3 aromatic rings. The molecule has 0 amide bonds. The third kappa shape index (κ3) is 3.85. The number of carbonyl (C=O) groups excluding carboxylic acids is 1. The van der Waals surface area contributed by atoms with E-state index in [9.17, 15) is 9.18 Å². The van der Waals surface area contributed by atoms with Crippen molar-refractivity contribution in [3.05, 3.63) is 94.5 Å². The van der Waals surface area contributed by atoms with Crippen LogP contribution < -0.4 is 14.2 Å². The number of ketones is 1. The Morgan fingerprint density at radius 3 is 2.66 bits per heavy atom. The van der Waals surface area contributed by atoms with Crippen LogP contribution in [0.4, 0.5) is 4.39 Å². The Morgan fingerprint density at radius 1 is 1.03 bits per heavy atom. The summed E-state index contributed by atoms with van der Waals surface area (Å²) in [6.45, 7) is 2.17. The first-order valence-corrected chi connectivity index (χ1v) is 9.14. The average molecular weight is 390 g/mol. The summed E-state index contributed by atoms with van der Waals surface area (Å²) in [5, 5.41) is 0. The van der Waals surface area contributed by atoms with E-state index in [0.717, 1.165) is 16.9 Å². The Kier molecular flexibility index (Phi) is 5.04. The van der Waals surface area contributed by atoms with Gasteiger partial charge in [0.1, 0.15) is 29.7 Å². The number of fused-ring (bicyclic) bond motifs is 1. The number of allylic oxidation sites excluding steroid dienone is 1. The predicted octanol–water partition coefficient (Wildman–Crippen LogP) is 5.34. The zero-order valence-corrected chi connectivity index (χ0v) is 16.1. The fourth-order valence-corrected chi connectivity index (χ4v) is 3.22. The van der Waals surface area contributed by atoms with Gasteiger partial charge in [0.05, 0.1) is 12.7 Å². The van der Waals surface area contributed by atoms with Crippen molar-refractivity contribution >= 4 is 11.9 Å². The van der Waals surface area contributed by atoms with Crippen molar-refractivity contribution in [3.8, 4) is 17.2 Å². The maximum atomic E-state index is 13.9. The van der Waals surface area contributed by atoms with Gasteiger partial charge in [-0.15, -0.1) is 0 Å². The van der Waals surface area contributed by atoms with Gasteiger partial charge in [-0.2, -0.15) is 0 Å². The molecule has 0 fully saturated rings. The van der Waals surface area contributed by atoms with Crippen LogP contribution in [0.3, 0.4) is 0 Å². The minimum absolute atomic E-state index is 0.0955. The van der Waals surface area contributed by atoms with Crippen LogP contribution in [0.5, 0.6) is 17.2 Å². The summed E-state index contributed by atoms with van der Waals surface area (Å²) >= 11 is 0. The lowest BCUT2D eigenvalue weighted by molar-refractivity contribution is 0.101. The van der Waals surface area contributed by atoms with Crippen molar-refractivity contribution in [1.82, 2.24) is 0 Å². The number of hydrogen-bond acceptors (Lipinski definition) is 4. The van der Waals surface area contributed by atoms with Gasteiger partial charge in [-0.3, -0.25) is 4.79 Å². The highest BCUT2D eigenvalue weighted by Crippen LogP contribution is 2.38. The molecule has 1 aliphatic heterocycles. The third-order valence-corrected chi connectivity index (χ3v) is 4.68. The summed E-state index contributed by atoms with van der Waals surface area (Å²) < 4.78 is 30.8. The Balaban J connectivity index is 1.57. The van der Waals surface area contributed by atoms with Crippen LogP contribution in [0.1, 0.15) is 27.0 Å². The molecule has 3 aromatic carbocycles. The Bertz CT molecular complexity index is 1120. The van der Waals surface area contributed by atoms with Gasteiger partial charge in [0.25, 0.3) is 0 Å². The van der Waals surface area contributed by atoms with Gasteiger partial charge in [0.2, 0.25) is 5.78 Å². The molecule has 0 bridgehead atoms. The molecular weight excluding hydrogens is 371 g/mol. The zero-order chi connectivity index (χ0) is 20.4. The first-order chi connectivity index (χ1) is 14.0. The van der Waals surface area contributed by atoms with E-state index in [1.54, 1.807) is 37.4 Å². The first-order valence-electron chi connectivity index (χ1n) is 9.14. The quantitative estimate of drug-likeness (QED) is 0.552. The van der Waals surface area contributed by atoms with Gasteiger partial charge in [-0.1, -0.05) is 30.3 Å². The van der Waals surface area contributed by atoms with E-state index in [-0.39, 0.29) is 11.5 Å². The maximum Gasteiger partial charge on any atom is 0.232 e. The van der Waals surface area contributed by atoms with Crippen LogP contribution >= 0.6 is 0 Å². The van der Waals surface area contributed by atoms with Crippen molar-refractivity contribution in [2.45, 2.75) is 13.5 Å². The SMILES string of the molecule is COc1cccc(COc2cc(C)c3c(c2)O/C(=C\c2ccccc2F)C3=O)c1. The van der Waals surface area contributed by atoms with Gasteiger partial charge in [-0.05, 0) is 48.4 Å². The summed E-state index contributed by atoms with van der Waals surface area (Å²) in [5.41, 5.74) is 2.47. The lowest BCUT2D eigenvalue weighted by Gasteiger charge is -2.10. The van der Waals surface area contributed by atoms with Crippen LogP contribution in [0.2, 0.25) is 0 Å². The zero-order valence-electron chi connectivity index (χ0n) is 16.1. The molecule has 0 atom stereocenters. The molecule has 0 aliphatic carbocycles. The third-order valence-electron chi connectivity index (χ3n) is 4.68. The normalized spacial score (nSPS) is 13.9. The van der Waals surface area contributed by atoms with Crippen molar-refractivity contribution < 1.29 is 23.4 Å². The van der Waals surface area contributed by atoms with Crippen LogP contribution in [-0.2, 0) is 6.61 Å². The molecule has 1 aliphatic rings. The fourth-order valence-electron chi connectivity index (χ4n) is 3.22. The molecule has 0 saturated heterocycles. The molecule has 0 spiro atoms. The molecule has 0 saturated carbocycles. The molecule has 4 nitrogen and oxygen atoms in total. The van der Waals surface area contributed by atoms with Gasteiger partial charge in [0, 0.05) is 11.6 Å². The van der Waals surface area contributed by atoms with E-state index in [0.29, 0.717) is 29.2 Å². The Hall–Kier alpha value is -3.60. The second-order valence-electron chi connectivity index (χ2n) is 6.71. The molecule has 0 radical (unpaired) electrons. The number of benzene rings is 3. The number of rotatable bonds is 5. The van der Waals surface area contributed by atoms with Gasteiger partial charge >= 0.3 is 0 Å². The van der Waals surface area contributed by atoms with Crippen molar-refractivity contribution in [3.63, 3.8) is 0 Å². The van der Waals surface area contributed by atoms with Gasteiger partial charge in [0.15, 0.2) is 5.76 Å². The summed E-state index contributed by atoms with van der Waals surface area (Å²) in [6.07, 6.45) is 1.42. The molecule has 5 heteroatoms. The van der Waals surface area contributed by atoms with E-state index >= 15 is 0 Å². The number of aryl methyl sites for hydroxylation is 1. The molecule has 146 valence electrons. The second kappa shape index (κ2) is 7.80. The number of halogens is 1. The monoisotopic (exact) mass is 390 g/mol. The predicted molar refractivity (Wildman–Crippen MR) is 108 cm³/mol. The lowest BCUT2D eigenvalue weighted by atomic mass is 10.0. The number of methoxy groups -OCH3 is 1. The molecule has 29 heavy (non-hydrogen) atoms. The highest BCUT2D eigenvalue weighted by Gasteiger charge is 2.30. The summed E-state index contributed by atoms with van der Waals surface area (Å²) in [5.74, 6) is 1.18. The van der Waals surface area contributed by atoms with E-state index in [1.807, 2.05) is 31.2 Å². The molecule has 0 unspecified atom stereocenters. The standard InChI is InChI=1S/C24H19FO4/c1-15-10-19(28-14-16-6-5-8-18(11-16)27-2)13-21-23(15)24(26)22(29-21)12-17-7-3-4-9-20(17)25/h3-13H,14H2,1-2H3/b22-12-. The van der Waals surface area contributed by atoms with Gasteiger partial charge < -0.3 is 14.2 Å². The Labute approximate surface area is 168 Å². The largest absolute Gasteiger partial charge is 0.497 e. The molecule has 4 rings (SSSR count). The molecular formula is C24H19FO4. The van der Waals surface area contributed by atoms with E-state index in [2.05, 4.69) is 0 Å². The molecule has 1 heterocycles. The van der Waals surface area contributed by atoms with E-state index < -0.39 is 5.82 Å². The van der Waals surface area contributed by atoms with Crippen LogP contribution in [0.25, 0.3) is 6.08 Å². The van der Waals surface area contributed by atoms with Crippen molar-refractivity contribution in [2.75, 3.05) is 7.11 Å². The maximum absolute atomic E-state index is 13.9. The molecule has 0 N–H and O–H groups in total. The van der Waals surface area contributed by atoms with E-state index in [1.165, 1.54) is 12.1 Å².